The molecule has 1 radical (unpaired) electrons. The fourth-order valence-electron chi connectivity index (χ4n) is 2.86. The molecule has 1 aromatic heterocycles. The maximum absolute atomic E-state index is 14.4. The highest BCUT2D eigenvalue weighted by Crippen LogP contribution is 2.33. The quantitative estimate of drug-likeness (QED) is 0.819. The summed E-state index contributed by atoms with van der Waals surface area (Å²) in [5.41, 5.74) is 5.11. The van der Waals surface area contributed by atoms with Gasteiger partial charge in [0.1, 0.15) is 5.82 Å². The number of benzene rings is 1. The summed E-state index contributed by atoms with van der Waals surface area (Å²) in [6.07, 6.45) is 2.26. The van der Waals surface area contributed by atoms with Gasteiger partial charge < -0.3 is 4.90 Å². The highest BCUT2D eigenvalue weighted by atomic mass is 32.1. The Morgan fingerprint density at radius 1 is 1.32 bits per heavy atom. The maximum Gasteiger partial charge on any atom is 0.152 e. The van der Waals surface area contributed by atoms with Crippen LogP contribution in [0.25, 0.3) is 11.3 Å². The van der Waals surface area contributed by atoms with Gasteiger partial charge in [-0.3, -0.25) is 0 Å². The van der Waals surface area contributed by atoms with Crippen LogP contribution in [0, 0.1) is 11.3 Å². The summed E-state index contributed by atoms with van der Waals surface area (Å²) in [4.78, 5) is 6.28. The molecule has 99 valence electrons. The van der Waals surface area contributed by atoms with Crippen molar-refractivity contribution < 1.29 is 4.39 Å². The van der Waals surface area contributed by atoms with Gasteiger partial charge in [-0.15, -0.1) is 11.3 Å². The number of nitrogens with zero attached hydrogens (tertiary/aromatic N) is 2. The van der Waals surface area contributed by atoms with Crippen LogP contribution in [0.2, 0.25) is 0 Å². The van der Waals surface area contributed by atoms with E-state index >= 15 is 0 Å². The van der Waals surface area contributed by atoms with Crippen molar-refractivity contribution in [3.05, 3.63) is 34.9 Å². The lowest BCUT2D eigenvalue weighted by molar-refractivity contribution is 0.601. The van der Waals surface area contributed by atoms with Gasteiger partial charge in [0.2, 0.25) is 0 Å². The average molecular weight is 275 g/mol. The van der Waals surface area contributed by atoms with Crippen LogP contribution in [0.15, 0.2) is 23.6 Å². The molecule has 2 heterocycles. The number of anilines is 1. The van der Waals surface area contributed by atoms with Crippen LogP contribution in [0.3, 0.4) is 0 Å². The highest BCUT2D eigenvalue weighted by Gasteiger charge is 2.29. The van der Waals surface area contributed by atoms with Gasteiger partial charge in [0, 0.05) is 23.0 Å². The molecule has 0 spiro atoms. The third kappa shape index (κ3) is 2.25. The van der Waals surface area contributed by atoms with E-state index in [0.717, 1.165) is 24.1 Å². The van der Waals surface area contributed by atoms with Gasteiger partial charge in [-0.25, -0.2) is 9.37 Å². The average Bonchev–Trinajstić information content (AvgIpc) is 3.01. The number of halogens is 1. The Bertz CT molecular complexity index is 558. The van der Waals surface area contributed by atoms with Gasteiger partial charge in [-0.1, -0.05) is 6.07 Å². The van der Waals surface area contributed by atoms with E-state index in [1.165, 1.54) is 11.3 Å². The van der Waals surface area contributed by atoms with Gasteiger partial charge in [0.25, 0.3) is 0 Å². The molecule has 1 fully saturated rings. The molecule has 2 nitrogen and oxygen atoms in total. The predicted octanol–water partition coefficient (Wildman–Crippen LogP) is 4.13. The Hall–Kier alpha value is -1.42. The summed E-state index contributed by atoms with van der Waals surface area (Å²) < 4.78 is 14.4. The van der Waals surface area contributed by atoms with E-state index in [1.807, 2.05) is 17.5 Å². The van der Waals surface area contributed by atoms with Gasteiger partial charge in [-0.05, 0) is 38.8 Å². The first-order chi connectivity index (χ1) is 9.16. The second-order valence-electron chi connectivity index (χ2n) is 5.17. The normalized spacial score (nSPS) is 23.0. The molecule has 3 rings (SSSR count). The Morgan fingerprint density at radius 3 is 2.63 bits per heavy atom. The van der Waals surface area contributed by atoms with Crippen molar-refractivity contribution in [1.82, 2.24) is 4.98 Å². The minimum Gasteiger partial charge on any atom is -0.364 e. The Morgan fingerprint density at radius 2 is 2.05 bits per heavy atom. The fourth-order valence-corrected chi connectivity index (χ4v) is 3.37. The molecule has 0 N–H and O–H groups in total. The zero-order valence-corrected chi connectivity index (χ0v) is 11.9. The summed E-state index contributed by atoms with van der Waals surface area (Å²) >= 11 is 1.40. The second kappa shape index (κ2) is 4.93. The van der Waals surface area contributed by atoms with E-state index in [0.29, 0.717) is 17.8 Å². The lowest BCUT2D eigenvalue weighted by Gasteiger charge is -2.29. The summed E-state index contributed by atoms with van der Waals surface area (Å²) in [5.74, 6) is -0.161. The molecule has 2 atom stereocenters. The van der Waals surface area contributed by atoms with Crippen LogP contribution in [-0.4, -0.2) is 17.1 Å². The van der Waals surface area contributed by atoms with E-state index < -0.39 is 0 Å². The SMILES string of the molecule is CC1CCC(C)N1c1ccc(-c2cs[c]n2)cc1F. The highest BCUT2D eigenvalue weighted by molar-refractivity contribution is 7.07. The van der Waals surface area contributed by atoms with E-state index in [-0.39, 0.29) is 5.82 Å². The summed E-state index contributed by atoms with van der Waals surface area (Å²) in [6.45, 7) is 4.32. The summed E-state index contributed by atoms with van der Waals surface area (Å²) in [6, 6.07) is 6.21. The van der Waals surface area contributed by atoms with Crippen LogP contribution in [0.1, 0.15) is 26.7 Å². The second-order valence-corrected chi connectivity index (χ2v) is 5.83. The van der Waals surface area contributed by atoms with Crippen molar-refractivity contribution in [1.29, 1.82) is 0 Å². The number of thiazole rings is 1. The lowest BCUT2D eigenvalue weighted by atomic mass is 10.1. The third-order valence-electron chi connectivity index (χ3n) is 3.86. The molecule has 0 amide bonds. The monoisotopic (exact) mass is 275 g/mol. The molecular formula is C15H16FN2S. The van der Waals surface area contributed by atoms with E-state index in [1.54, 1.807) is 6.07 Å². The molecule has 2 aromatic rings. The first-order valence-corrected chi connectivity index (χ1v) is 7.44. The van der Waals surface area contributed by atoms with Crippen LogP contribution in [0.5, 0.6) is 0 Å². The van der Waals surface area contributed by atoms with Crippen molar-refractivity contribution in [3.8, 4) is 11.3 Å². The topological polar surface area (TPSA) is 16.1 Å². The zero-order valence-electron chi connectivity index (χ0n) is 11.1. The van der Waals surface area contributed by atoms with Crippen LogP contribution in [0.4, 0.5) is 10.1 Å². The van der Waals surface area contributed by atoms with E-state index in [9.17, 15) is 4.39 Å². The number of aromatic nitrogens is 1. The van der Waals surface area contributed by atoms with Crippen molar-refractivity contribution in [2.24, 2.45) is 0 Å². The molecule has 2 unspecified atom stereocenters. The maximum atomic E-state index is 14.4. The van der Waals surface area contributed by atoms with Gasteiger partial charge >= 0.3 is 0 Å². The summed E-state index contributed by atoms with van der Waals surface area (Å²) in [7, 11) is 0. The van der Waals surface area contributed by atoms with Crippen molar-refractivity contribution in [2.45, 2.75) is 38.8 Å². The Balaban J connectivity index is 1.96. The van der Waals surface area contributed by atoms with Crippen molar-refractivity contribution in [2.75, 3.05) is 4.90 Å². The van der Waals surface area contributed by atoms with Crippen LogP contribution >= 0.6 is 11.3 Å². The Kier molecular flexibility index (Phi) is 3.27. The van der Waals surface area contributed by atoms with E-state index in [4.69, 9.17) is 0 Å². The molecular weight excluding hydrogens is 259 g/mol. The molecule has 1 aliphatic heterocycles. The molecule has 1 saturated heterocycles. The molecule has 1 aromatic carbocycles. The van der Waals surface area contributed by atoms with Crippen molar-refractivity contribution >= 4 is 17.0 Å². The standard InChI is InChI=1S/C15H16FN2S/c1-10-3-4-11(2)18(10)15-6-5-12(7-13(15)16)14-8-19-9-17-14/h5-8,10-11H,3-4H2,1-2H3. The predicted molar refractivity (Wildman–Crippen MR) is 77.0 cm³/mol. The summed E-state index contributed by atoms with van der Waals surface area (Å²) in [5, 5.41) is 1.88. The van der Waals surface area contributed by atoms with Crippen LogP contribution < -0.4 is 4.90 Å². The minimum atomic E-state index is -0.161. The zero-order chi connectivity index (χ0) is 13.4. The first-order valence-electron chi connectivity index (χ1n) is 6.56. The minimum absolute atomic E-state index is 0.161. The smallest absolute Gasteiger partial charge is 0.152 e. The molecule has 0 aliphatic carbocycles. The van der Waals surface area contributed by atoms with E-state index in [2.05, 4.69) is 29.2 Å². The number of hydrogen-bond acceptors (Lipinski definition) is 3. The van der Waals surface area contributed by atoms with Crippen LogP contribution in [-0.2, 0) is 0 Å². The lowest BCUT2D eigenvalue weighted by Crippen LogP contribution is -2.33. The first kappa shape index (κ1) is 12.6. The fraction of sp³-hybridized carbons (Fsp3) is 0.400. The molecule has 0 saturated carbocycles. The molecule has 19 heavy (non-hydrogen) atoms. The third-order valence-corrected chi connectivity index (χ3v) is 4.40. The number of rotatable bonds is 2. The molecule has 4 heteroatoms. The largest absolute Gasteiger partial charge is 0.364 e. The van der Waals surface area contributed by atoms with Gasteiger partial charge in [0.05, 0.1) is 11.4 Å². The molecule has 0 bridgehead atoms. The van der Waals surface area contributed by atoms with Gasteiger partial charge in [-0.2, -0.15) is 0 Å². The number of hydrogen-bond donors (Lipinski definition) is 0. The Labute approximate surface area is 116 Å². The molecule has 1 aliphatic rings. The van der Waals surface area contributed by atoms with Crippen molar-refractivity contribution in [3.63, 3.8) is 0 Å². The van der Waals surface area contributed by atoms with Gasteiger partial charge in [0.15, 0.2) is 5.51 Å².